The molecule has 3 heteroatoms. The van der Waals surface area contributed by atoms with E-state index in [1.807, 2.05) is 0 Å². The predicted octanol–water partition coefficient (Wildman–Crippen LogP) is 5.44. The fourth-order valence-electron chi connectivity index (χ4n) is 1.93. The largest absolute Gasteiger partial charge is 0.380 e. The molecule has 2 aromatic carbocycles. The molecule has 0 aromatic heterocycles. The molecule has 1 nitrogen and oxygen atoms in total. The molecule has 94 valence electrons. The van der Waals surface area contributed by atoms with E-state index in [9.17, 15) is 0 Å². The van der Waals surface area contributed by atoms with Gasteiger partial charge in [0.05, 0.1) is 5.69 Å². The molecule has 2 aromatic rings. The topological polar surface area (TPSA) is 12.0 Å². The first kappa shape index (κ1) is 13.6. The highest BCUT2D eigenvalue weighted by atomic mass is 79.9. The Bertz CT molecular complexity index is 524. The zero-order valence-electron chi connectivity index (χ0n) is 10.4. The van der Waals surface area contributed by atoms with E-state index < -0.39 is 0 Å². The van der Waals surface area contributed by atoms with Crippen molar-refractivity contribution in [1.29, 1.82) is 0 Å². The number of rotatable bonds is 3. The third kappa shape index (κ3) is 3.36. The van der Waals surface area contributed by atoms with Gasteiger partial charge in [-0.3, -0.25) is 0 Å². The molecule has 0 aliphatic carbocycles. The highest BCUT2D eigenvalue weighted by Crippen LogP contribution is 2.28. The highest BCUT2D eigenvalue weighted by Gasteiger charge is 2.04. The van der Waals surface area contributed by atoms with Crippen LogP contribution in [0.1, 0.15) is 16.7 Å². The van der Waals surface area contributed by atoms with E-state index in [2.05, 4.69) is 87.4 Å². The van der Waals surface area contributed by atoms with Gasteiger partial charge in [0.25, 0.3) is 0 Å². The van der Waals surface area contributed by atoms with Crippen molar-refractivity contribution in [2.24, 2.45) is 0 Å². The maximum atomic E-state index is 3.61. The molecule has 0 radical (unpaired) electrons. The second-order valence-electron chi connectivity index (χ2n) is 4.42. The Morgan fingerprint density at radius 1 is 1.00 bits per heavy atom. The Morgan fingerprint density at radius 2 is 1.67 bits per heavy atom. The van der Waals surface area contributed by atoms with Gasteiger partial charge in [0.1, 0.15) is 0 Å². The average molecular weight is 369 g/mol. The lowest BCUT2D eigenvalue weighted by Gasteiger charge is -2.13. The summed E-state index contributed by atoms with van der Waals surface area (Å²) < 4.78 is 2.23. The zero-order valence-corrected chi connectivity index (χ0v) is 13.6. The number of hydrogen-bond acceptors (Lipinski definition) is 1. The van der Waals surface area contributed by atoms with Crippen molar-refractivity contribution < 1.29 is 0 Å². The minimum atomic E-state index is 0.829. The van der Waals surface area contributed by atoms with Gasteiger partial charge in [-0.1, -0.05) is 34.1 Å². The Hall–Kier alpha value is -0.800. The van der Waals surface area contributed by atoms with E-state index in [4.69, 9.17) is 0 Å². The fraction of sp³-hybridized carbons (Fsp3) is 0.200. The molecule has 2 rings (SSSR count). The van der Waals surface area contributed by atoms with E-state index in [0.29, 0.717) is 0 Å². The van der Waals surface area contributed by atoms with Gasteiger partial charge < -0.3 is 5.32 Å². The lowest BCUT2D eigenvalue weighted by atomic mass is 10.1. The number of halogens is 2. The number of aryl methyl sites for hydroxylation is 2. The van der Waals surface area contributed by atoms with Gasteiger partial charge in [0, 0.05) is 15.5 Å². The minimum Gasteiger partial charge on any atom is -0.380 e. The van der Waals surface area contributed by atoms with Gasteiger partial charge in [0.2, 0.25) is 0 Å². The van der Waals surface area contributed by atoms with Crippen molar-refractivity contribution in [1.82, 2.24) is 0 Å². The first-order valence-corrected chi connectivity index (χ1v) is 7.40. The third-order valence-corrected chi connectivity index (χ3v) is 3.97. The molecule has 0 saturated carbocycles. The van der Waals surface area contributed by atoms with Crippen LogP contribution in [0.25, 0.3) is 0 Å². The standard InChI is InChI=1S/C15H15Br2N/c1-10-7-11(2)15(14(17)8-10)18-9-12-3-5-13(16)6-4-12/h3-8,18H,9H2,1-2H3. The van der Waals surface area contributed by atoms with Gasteiger partial charge in [-0.25, -0.2) is 0 Å². The Kier molecular flexibility index (Phi) is 4.46. The third-order valence-electron chi connectivity index (χ3n) is 2.81. The van der Waals surface area contributed by atoms with E-state index in [1.54, 1.807) is 0 Å². The van der Waals surface area contributed by atoms with Gasteiger partial charge in [-0.05, 0) is 64.7 Å². The van der Waals surface area contributed by atoms with Crippen LogP contribution >= 0.6 is 31.9 Å². The summed E-state index contributed by atoms with van der Waals surface area (Å²) in [7, 11) is 0. The van der Waals surface area contributed by atoms with Crippen LogP contribution in [-0.2, 0) is 6.54 Å². The summed E-state index contributed by atoms with van der Waals surface area (Å²) in [5.74, 6) is 0. The van der Waals surface area contributed by atoms with Crippen LogP contribution in [0.5, 0.6) is 0 Å². The molecule has 0 fully saturated rings. The van der Waals surface area contributed by atoms with Crippen LogP contribution in [-0.4, -0.2) is 0 Å². The molecule has 0 unspecified atom stereocenters. The monoisotopic (exact) mass is 367 g/mol. The molecule has 0 amide bonds. The van der Waals surface area contributed by atoms with Crippen molar-refractivity contribution in [3.63, 3.8) is 0 Å². The maximum absolute atomic E-state index is 3.61. The number of hydrogen-bond donors (Lipinski definition) is 1. The normalized spacial score (nSPS) is 10.4. The fourth-order valence-corrected chi connectivity index (χ4v) is 3.01. The summed E-state index contributed by atoms with van der Waals surface area (Å²) in [5.41, 5.74) is 4.97. The van der Waals surface area contributed by atoms with Crippen LogP contribution in [0, 0.1) is 13.8 Å². The van der Waals surface area contributed by atoms with Crippen molar-refractivity contribution >= 4 is 37.5 Å². The minimum absolute atomic E-state index is 0.829. The summed E-state index contributed by atoms with van der Waals surface area (Å²) in [6.45, 7) is 5.06. The Labute approximate surface area is 125 Å². The van der Waals surface area contributed by atoms with Crippen molar-refractivity contribution in [3.05, 3.63) is 62.0 Å². The summed E-state index contributed by atoms with van der Waals surface area (Å²) in [6.07, 6.45) is 0. The van der Waals surface area contributed by atoms with Crippen LogP contribution < -0.4 is 5.32 Å². The lowest BCUT2D eigenvalue weighted by Crippen LogP contribution is -2.02. The summed E-state index contributed by atoms with van der Waals surface area (Å²) in [6, 6.07) is 12.7. The second-order valence-corrected chi connectivity index (χ2v) is 6.19. The molecule has 0 spiro atoms. The molecular formula is C15H15Br2N. The summed E-state index contributed by atoms with van der Waals surface area (Å²) in [5, 5.41) is 3.48. The molecular weight excluding hydrogens is 354 g/mol. The zero-order chi connectivity index (χ0) is 13.1. The molecule has 0 saturated heterocycles. The molecule has 0 aliphatic rings. The molecule has 0 bridgehead atoms. The van der Waals surface area contributed by atoms with E-state index in [-0.39, 0.29) is 0 Å². The van der Waals surface area contributed by atoms with Crippen molar-refractivity contribution in [2.75, 3.05) is 5.32 Å². The molecule has 0 atom stereocenters. The van der Waals surface area contributed by atoms with Gasteiger partial charge in [-0.15, -0.1) is 0 Å². The van der Waals surface area contributed by atoms with E-state index in [1.165, 1.54) is 22.4 Å². The molecule has 0 heterocycles. The van der Waals surface area contributed by atoms with Crippen LogP contribution in [0.15, 0.2) is 45.3 Å². The number of nitrogens with one attached hydrogen (secondary N) is 1. The van der Waals surface area contributed by atoms with Crippen LogP contribution in [0.3, 0.4) is 0 Å². The first-order chi connectivity index (χ1) is 8.56. The van der Waals surface area contributed by atoms with Crippen molar-refractivity contribution in [3.8, 4) is 0 Å². The summed E-state index contributed by atoms with van der Waals surface area (Å²) in [4.78, 5) is 0. The average Bonchev–Trinajstić information content (AvgIpc) is 2.30. The highest BCUT2D eigenvalue weighted by molar-refractivity contribution is 9.10. The maximum Gasteiger partial charge on any atom is 0.0517 e. The Balaban J connectivity index is 2.13. The van der Waals surface area contributed by atoms with Crippen LogP contribution in [0.4, 0.5) is 5.69 Å². The van der Waals surface area contributed by atoms with E-state index >= 15 is 0 Å². The van der Waals surface area contributed by atoms with Gasteiger partial charge >= 0.3 is 0 Å². The van der Waals surface area contributed by atoms with Gasteiger partial charge in [-0.2, -0.15) is 0 Å². The quantitative estimate of drug-likeness (QED) is 0.760. The first-order valence-electron chi connectivity index (χ1n) is 5.81. The number of anilines is 1. The molecule has 0 aliphatic heterocycles. The molecule has 1 N–H and O–H groups in total. The SMILES string of the molecule is Cc1cc(C)c(NCc2ccc(Br)cc2)c(Br)c1. The number of benzene rings is 2. The molecule has 18 heavy (non-hydrogen) atoms. The predicted molar refractivity (Wildman–Crippen MR) is 85.1 cm³/mol. The lowest BCUT2D eigenvalue weighted by molar-refractivity contribution is 1.13. The second kappa shape index (κ2) is 5.89. The summed E-state index contributed by atoms with van der Waals surface area (Å²) >= 11 is 7.06. The van der Waals surface area contributed by atoms with E-state index in [0.717, 1.165) is 15.5 Å². The van der Waals surface area contributed by atoms with Crippen molar-refractivity contribution in [2.45, 2.75) is 20.4 Å². The Morgan fingerprint density at radius 3 is 2.28 bits per heavy atom. The smallest absolute Gasteiger partial charge is 0.0517 e. The van der Waals surface area contributed by atoms with Crippen LogP contribution in [0.2, 0.25) is 0 Å². The van der Waals surface area contributed by atoms with Gasteiger partial charge in [0.15, 0.2) is 0 Å².